The highest BCUT2D eigenvalue weighted by molar-refractivity contribution is 5.97. The third kappa shape index (κ3) is 2.31. The minimum Gasteiger partial charge on any atom is -0.480 e. The van der Waals surface area contributed by atoms with Gasteiger partial charge in [-0.2, -0.15) is 0 Å². The molecule has 1 amide bonds. The number of piperidine rings is 1. The van der Waals surface area contributed by atoms with Crippen molar-refractivity contribution in [3.05, 3.63) is 27.9 Å². The van der Waals surface area contributed by atoms with Crippen molar-refractivity contribution in [1.82, 2.24) is 14.9 Å². The fraction of sp³-hybridized carbons (Fsp3) is 0.538. The van der Waals surface area contributed by atoms with E-state index in [0.717, 1.165) is 12.8 Å². The van der Waals surface area contributed by atoms with Gasteiger partial charge in [-0.25, -0.2) is 9.78 Å². The molecule has 2 rings (SSSR count). The Labute approximate surface area is 115 Å². The average molecular weight is 279 g/mol. The van der Waals surface area contributed by atoms with E-state index in [1.807, 2.05) is 0 Å². The lowest BCUT2D eigenvalue weighted by Gasteiger charge is -2.41. The maximum Gasteiger partial charge on any atom is 0.329 e. The molecule has 0 aliphatic carbocycles. The number of aromatic amines is 1. The number of carboxylic acid groups (broad SMARTS) is 1. The van der Waals surface area contributed by atoms with E-state index in [-0.39, 0.29) is 5.56 Å². The van der Waals surface area contributed by atoms with Crippen LogP contribution in [0.2, 0.25) is 0 Å². The van der Waals surface area contributed by atoms with Gasteiger partial charge in [0.15, 0.2) is 0 Å². The Bertz CT molecular complexity index is 610. The summed E-state index contributed by atoms with van der Waals surface area (Å²) in [4.78, 5) is 43.4. The van der Waals surface area contributed by atoms with Crippen LogP contribution in [0.1, 0.15) is 42.4 Å². The summed E-state index contributed by atoms with van der Waals surface area (Å²) in [6, 6.07) is 0. The van der Waals surface area contributed by atoms with Crippen molar-refractivity contribution < 1.29 is 14.7 Å². The third-order valence-electron chi connectivity index (χ3n) is 3.75. The smallest absolute Gasteiger partial charge is 0.329 e. The number of nitrogens with one attached hydrogen (secondary N) is 1. The molecule has 0 bridgehead atoms. The van der Waals surface area contributed by atoms with E-state index < -0.39 is 23.0 Å². The number of carbonyl (C=O) groups is 2. The molecule has 108 valence electrons. The number of likely N-dealkylation sites (tertiary alicyclic amines) is 1. The van der Waals surface area contributed by atoms with E-state index in [1.165, 1.54) is 18.0 Å². The Morgan fingerprint density at radius 1 is 1.45 bits per heavy atom. The molecule has 7 nitrogen and oxygen atoms in total. The summed E-state index contributed by atoms with van der Waals surface area (Å²) in [5, 5.41) is 9.38. The van der Waals surface area contributed by atoms with Crippen molar-refractivity contribution in [3.8, 4) is 0 Å². The summed E-state index contributed by atoms with van der Waals surface area (Å²) in [5.74, 6) is -1.23. The van der Waals surface area contributed by atoms with Crippen LogP contribution in [-0.2, 0) is 4.79 Å². The molecule has 1 saturated heterocycles. The number of carbonyl (C=O) groups excluding carboxylic acids is 1. The van der Waals surface area contributed by atoms with E-state index >= 15 is 0 Å². The molecule has 1 aromatic heterocycles. The Morgan fingerprint density at radius 2 is 2.15 bits per heavy atom. The van der Waals surface area contributed by atoms with E-state index in [4.69, 9.17) is 0 Å². The lowest BCUT2D eigenvalue weighted by molar-refractivity contribution is -0.150. The predicted molar refractivity (Wildman–Crippen MR) is 70.5 cm³/mol. The number of amides is 1. The largest absolute Gasteiger partial charge is 0.480 e. The van der Waals surface area contributed by atoms with Crippen LogP contribution < -0.4 is 5.56 Å². The molecule has 2 heterocycles. The van der Waals surface area contributed by atoms with Crippen molar-refractivity contribution >= 4 is 11.9 Å². The van der Waals surface area contributed by atoms with Gasteiger partial charge >= 0.3 is 5.97 Å². The van der Waals surface area contributed by atoms with Gasteiger partial charge in [-0.05, 0) is 33.1 Å². The second-order valence-corrected chi connectivity index (χ2v) is 5.20. The van der Waals surface area contributed by atoms with Crippen LogP contribution >= 0.6 is 0 Å². The minimum absolute atomic E-state index is 0.120. The summed E-state index contributed by atoms with van der Waals surface area (Å²) in [6.45, 7) is 3.45. The zero-order valence-electron chi connectivity index (χ0n) is 11.5. The fourth-order valence-corrected chi connectivity index (χ4v) is 2.45. The summed E-state index contributed by atoms with van der Waals surface area (Å²) in [6.07, 6.45) is 3.06. The molecule has 0 saturated carbocycles. The molecule has 1 fully saturated rings. The third-order valence-corrected chi connectivity index (χ3v) is 3.75. The first-order valence-corrected chi connectivity index (χ1v) is 6.47. The summed E-state index contributed by atoms with van der Waals surface area (Å²) in [5.41, 5.74) is -1.93. The van der Waals surface area contributed by atoms with Crippen LogP contribution in [0.25, 0.3) is 0 Å². The molecule has 2 N–H and O–H groups in total. The number of aliphatic carboxylic acids is 1. The van der Waals surface area contributed by atoms with Crippen molar-refractivity contribution in [2.45, 2.75) is 38.6 Å². The number of hydrogen-bond donors (Lipinski definition) is 2. The predicted octanol–water partition coefficient (Wildman–Crippen LogP) is 0.548. The summed E-state index contributed by atoms with van der Waals surface area (Å²) < 4.78 is 0. The first-order valence-electron chi connectivity index (χ1n) is 6.47. The zero-order chi connectivity index (χ0) is 14.9. The molecule has 1 aromatic rings. The van der Waals surface area contributed by atoms with Crippen molar-refractivity contribution in [3.63, 3.8) is 0 Å². The molecule has 0 spiro atoms. The molecule has 0 unspecified atom stereocenters. The molecule has 7 heteroatoms. The quantitative estimate of drug-likeness (QED) is 0.822. The van der Waals surface area contributed by atoms with E-state index in [2.05, 4.69) is 9.97 Å². The van der Waals surface area contributed by atoms with Gasteiger partial charge in [0.25, 0.3) is 11.5 Å². The first kappa shape index (κ1) is 14.2. The Morgan fingerprint density at radius 3 is 2.75 bits per heavy atom. The van der Waals surface area contributed by atoms with Crippen LogP contribution in [0.5, 0.6) is 0 Å². The van der Waals surface area contributed by atoms with Gasteiger partial charge < -0.3 is 15.0 Å². The number of nitrogens with zero attached hydrogens (tertiary/aromatic N) is 2. The maximum atomic E-state index is 12.5. The van der Waals surface area contributed by atoms with Crippen LogP contribution in [0.3, 0.4) is 0 Å². The molecule has 1 aliphatic heterocycles. The topological polar surface area (TPSA) is 103 Å². The highest BCUT2D eigenvalue weighted by atomic mass is 16.4. The fourth-order valence-electron chi connectivity index (χ4n) is 2.45. The lowest BCUT2D eigenvalue weighted by atomic mass is 9.88. The van der Waals surface area contributed by atoms with Gasteiger partial charge in [-0.3, -0.25) is 9.59 Å². The summed E-state index contributed by atoms with van der Waals surface area (Å²) in [7, 11) is 0. The normalized spacial score (nSPS) is 22.6. The van der Waals surface area contributed by atoms with Gasteiger partial charge in [0.1, 0.15) is 16.9 Å². The Hall–Kier alpha value is -2.18. The summed E-state index contributed by atoms with van der Waals surface area (Å²) >= 11 is 0. The van der Waals surface area contributed by atoms with E-state index in [0.29, 0.717) is 18.8 Å². The lowest BCUT2D eigenvalue weighted by Crippen LogP contribution is -2.58. The van der Waals surface area contributed by atoms with Crippen molar-refractivity contribution in [2.24, 2.45) is 0 Å². The van der Waals surface area contributed by atoms with E-state index in [9.17, 15) is 19.5 Å². The number of rotatable bonds is 2. The van der Waals surface area contributed by atoms with Crippen molar-refractivity contribution in [2.75, 3.05) is 6.54 Å². The first-order chi connectivity index (χ1) is 9.36. The van der Waals surface area contributed by atoms with Gasteiger partial charge in [0, 0.05) is 12.7 Å². The second kappa shape index (κ2) is 5.07. The number of aromatic nitrogens is 2. The second-order valence-electron chi connectivity index (χ2n) is 5.20. The molecule has 1 atom stereocenters. The molecule has 0 radical (unpaired) electrons. The minimum atomic E-state index is -1.27. The van der Waals surface area contributed by atoms with Gasteiger partial charge in [0.2, 0.25) is 0 Å². The number of hydrogen-bond acceptors (Lipinski definition) is 4. The van der Waals surface area contributed by atoms with Crippen LogP contribution in [0.4, 0.5) is 0 Å². The highest BCUT2D eigenvalue weighted by Gasteiger charge is 2.44. The maximum absolute atomic E-state index is 12.5. The Kier molecular flexibility index (Phi) is 3.61. The standard InChI is InChI=1S/C13H17N3O4/c1-8-14-7-9(10(17)15-8)11(18)16-6-4-3-5-13(16,2)12(19)20/h7H,3-6H2,1-2H3,(H,19,20)(H,14,15,17)/t13-/m0/s1. The monoisotopic (exact) mass is 279 g/mol. The number of aryl methyl sites for hydroxylation is 1. The molecule has 20 heavy (non-hydrogen) atoms. The van der Waals surface area contributed by atoms with Gasteiger partial charge in [0.05, 0.1) is 0 Å². The van der Waals surface area contributed by atoms with Crippen molar-refractivity contribution in [1.29, 1.82) is 0 Å². The highest BCUT2D eigenvalue weighted by Crippen LogP contribution is 2.29. The molecular weight excluding hydrogens is 262 g/mol. The van der Waals surface area contributed by atoms with Gasteiger partial charge in [-0.15, -0.1) is 0 Å². The average Bonchev–Trinajstić information content (AvgIpc) is 2.38. The van der Waals surface area contributed by atoms with Crippen LogP contribution in [-0.4, -0.2) is 43.9 Å². The van der Waals surface area contributed by atoms with Crippen LogP contribution in [0, 0.1) is 6.92 Å². The molecule has 1 aliphatic rings. The van der Waals surface area contributed by atoms with E-state index in [1.54, 1.807) is 6.92 Å². The number of H-pyrrole nitrogens is 1. The number of carboxylic acids is 1. The zero-order valence-corrected chi connectivity index (χ0v) is 11.5. The SMILES string of the molecule is Cc1ncc(C(=O)N2CCCC[C@@]2(C)C(=O)O)c(=O)[nH]1. The van der Waals surface area contributed by atoms with Crippen LogP contribution in [0.15, 0.2) is 11.0 Å². The molecular formula is C13H17N3O4. The molecule has 0 aromatic carbocycles. The van der Waals surface area contributed by atoms with Gasteiger partial charge in [-0.1, -0.05) is 0 Å². The Balaban J connectivity index is 2.40.